The van der Waals surface area contributed by atoms with E-state index in [4.69, 9.17) is 5.41 Å². The smallest absolute Gasteiger partial charge is 0.385 e. The van der Waals surface area contributed by atoms with Gasteiger partial charge in [0.2, 0.25) is 0 Å². The van der Waals surface area contributed by atoms with Gasteiger partial charge in [-0.1, -0.05) is 24.3 Å². The number of rotatable bonds is 6. The van der Waals surface area contributed by atoms with Gasteiger partial charge in [0.05, 0.1) is 22.4 Å². The quantitative estimate of drug-likeness (QED) is 0.316. The van der Waals surface area contributed by atoms with Crippen molar-refractivity contribution in [2.75, 3.05) is 5.32 Å². The van der Waals surface area contributed by atoms with Crippen LogP contribution in [-0.4, -0.2) is 32.3 Å². The third kappa shape index (κ3) is 5.48. The Morgan fingerprint density at radius 1 is 1.03 bits per heavy atom. The molecular formula is C28H21F4N5O2. The van der Waals surface area contributed by atoms with Gasteiger partial charge in [0.15, 0.2) is 5.82 Å². The third-order valence-corrected chi connectivity index (χ3v) is 6.30. The Bertz CT molecular complexity index is 1540. The number of aliphatic hydroxyl groups is 1. The lowest BCUT2D eigenvalue weighted by Crippen LogP contribution is -2.31. The number of nitrogens with one attached hydrogen (secondary N) is 3. The minimum atomic E-state index is -4.93. The van der Waals surface area contributed by atoms with E-state index in [1.54, 1.807) is 42.5 Å². The molecule has 0 unspecified atom stereocenters. The number of nitrogens with zero attached hydrogens (tertiary/aromatic N) is 2. The molecule has 1 fully saturated rings. The third-order valence-electron chi connectivity index (χ3n) is 6.30. The summed E-state index contributed by atoms with van der Waals surface area (Å²) in [5.74, 6) is -2.80. The molecule has 2 aliphatic carbocycles. The van der Waals surface area contributed by atoms with Crippen LogP contribution in [0.15, 0.2) is 96.1 Å². The molecular weight excluding hydrogens is 514 g/mol. The van der Waals surface area contributed by atoms with E-state index in [1.807, 2.05) is 0 Å². The number of benzene rings is 2. The zero-order valence-corrected chi connectivity index (χ0v) is 20.2. The number of hydrogen-bond acceptors (Lipinski definition) is 6. The van der Waals surface area contributed by atoms with Gasteiger partial charge in [-0.25, -0.2) is 14.4 Å². The average molecular weight is 536 g/mol. The Labute approximate surface area is 220 Å². The number of para-hydroxylation sites is 1. The number of carbonyl (C=O) groups is 1. The second-order valence-corrected chi connectivity index (χ2v) is 9.06. The Kier molecular flexibility index (Phi) is 6.61. The van der Waals surface area contributed by atoms with Crippen molar-refractivity contribution in [2.45, 2.75) is 24.6 Å². The van der Waals surface area contributed by atoms with Crippen LogP contribution in [0.4, 0.5) is 23.2 Å². The monoisotopic (exact) mass is 535 g/mol. The predicted octanol–water partition coefficient (Wildman–Crippen LogP) is 5.40. The predicted molar refractivity (Wildman–Crippen MR) is 136 cm³/mol. The fourth-order valence-electron chi connectivity index (χ4n) is 4.07. The minimum Gasteiger partial charge on any atom is -0.385 e. The summed E-state index contributed by atoms with van der Waals surface area (Å²) in [6.45, 7) is 0. The van der Waals surface area contributed by atoms with Crippen LogP contribution in [0, 0.1) is 11.2 Å². The standard InChI is InChI=1S/C28H21F4N5O2/c29-22-15-21(28(30,31)32)18(24-34-11-4-12-35-24)14-19(22)26(38)37-25(36-17-5-2-1-3-6-17)20-13-16(7-8-23(20)33)27(39)9-10-27/h1-8,11-15,33,36,39H,9-10H2,(H,37,38)/b25-20+,33-23?. The van der Waals surface area contributed by atoms with Gasteiger partial charge in [0.1, 0.15) is 11.6 Å². The van der Waals surface area contributed by atoms with E-state index >= 15 is 4.39 Å². The number of halogens is 4. The first-order chi connectivity index (χ1) is 18.5. The van der Waals surface area contributed by atoms with Crippen LogP contribution in [0.1, 0.15) is 28.8 Å². The Hall–Kier alpha value is -4.64. The lowest BCUT2D eigenvalue weighted by molar-refractivity contribution is -0.137. The van der Waals surface area contributed by atoms with Crippen LogP contribution < -0.4 is 10.6 Å². The van der Waals surface area contributed by atoms with E-state index in [1.165, 1.54) is 24.5 Å². The SMILES string of the molecule is N=C1C=CC(C2(O)CC2)=C/C1=C(\NC(=O)c1cc(-c2ncccn2)c(C(F)(F)F)cc1F)Nc1ccccc1. The van der Waals surface area contributed by atoms with Crippen molar-refractivity contribution in [3.8, 4) is 11.4 Å². The van der Waals surface area contributed by atoms with Gasteiger partial charge in [0, 0.05) is 29.2 Å². The van der Waals surface area contributed by atoms with E-state index in [9.17, 15) is 23.1 Å². The number of alkyl halides is 3. The topological polar surface area (TPSA) is 111 Å². The summed E-state index contributed by atoms with van der Waals surface area (Å²) < 4.78 is 56.2. The highest BCUT2D eigenvalue weighted by molar-refractivity contribution is 6.11. The second-order valence-electron chi connectivity index (χ2n) is 9.06. The second kappa shape index (κ2) is 9.91. The van der Waals surface area contributed by atoms with Gasteiger partial charge >= 0.3 is 6.18 Å². The minimum absolute atomic E-state index is 0.00648. The molecule has 7 nitrogen and oxygen atoms in total. The number of allylic oxidation sites excluding steroid dienone is 3. The molecule has 2 aliphatic rings. The first-order valence-corrected chi connectivity index (χ1v) is 11.8. The lowest BCUT2D eigenvalue weighted by atomic mass is 9.95. The van der Waals surface area contributed by atoms with Crippen LogP contribution in [-0.2, 0) is 6.18 Å². The lowest BCUT2D eigenvalue weighted by Gasteiger charge is -2.21. The van der Waals surface area contributed by atoms with E-state index in [-0.39, 0.29) is 29.0 Å². The number of hydrogen-bond donors (Lipinski definition) is 4. The summed E-state index contributed by atoms with van der Waals surface area (Å²) in [5, 5.41) is 24.5. The fourth-order valence-corrected chi connectivity index (χ4v) is 4.07. The molecule has 4 N–H and O–H groups in total. The van der Waals surface area contributed by atoms with Crippen molar-refractivity contribution in [1.82, 2.24) is 15.3 Å². The summed E-state index contributed by atoms with van der Waals surface area (Å²) in [5.41, 5.74) is -2.35. The van der Waals surface area contributed by atoms with Gasteiger partial charge in [-0.15, -0.1) is 0 Å². The summed E-state index contributed by atoms with van der Waals surface area (Å²) in [4.78, 5) is 21.0. The van der Waals surface area contributed by atoms with E-state index < -0.39 is 40.2 Å². The molecule has 5 rings (SSSR count). The maximum atomic E-state index is 15.0. The first-order valence-electron chi connectivity index (χ1n) is 11.8. The van der Waals surface area contributed by atoms with Gasteiger partial charge < -0.3 is 21.1 Å². The van der Waals surface area contributed by atoms with E-state index in [0.717, 1.165) is 6.07 Å². The number of anilines is 1. The summed E-state index contributed by atoms with van der Waals surface area (Å²) in [6, 6.07) is 11.0. The van der Waals surface area contributed by atoms with Crippen LogP contribution in [0.5, 0.6) is 0 Å². The van der Waals surface area contributed by atoms with Crippen LogP contribution >= 0.6 is 0 Å². The Morgan fingerprint density at radius 2 is 1.72 bits per heavy atom. The molecule has 198 valence electrons. The Morgan fingerprint density at radius 3 is 2.36 bits per heavy atom. The number of amides is 1. The van der Waals surface area contributed by atoms with Crippen LogP contribution in [0.3, 0.4) is 0 Å². The molecule has 11 heteroatoms. The molecule has 1 amide bonds. The van der Waals surface area contributed by atoms with Crippen LogP contribution in [0.25, 0.3) is 11.4 Å². The maximum Gasteiger partial charge on any atom is 0.417 e. The first kappa shape index (κ1) is 26.0. The Balaban J connectivity index is 1.58. The van der Waals surface area contributed by atoms with E-state index in [0.29, 0.717) is 24.1 Å². The molecule has 39 heavy (non-hydrogen) atoms. The maximum absolute atomic E-state index is 15.0. The van der Waals surface area contributed by atoms with Crippen molar-refractivity contribution in [1.29, 1.82) is 5.41 Å². The van der Waals surface area contributed by atoms with Gasteiger partial charge in [-0.3, -0.25) is 4.79 Å². The number of aromatic nitrogens is 2. The van der Waals surface area contributed by atoms with Crippen molar-refractivity contribution in [3.63, 3.8) is 0 Å². The van der Waals surface area contributed by atoms with Gasteiger partial charge in [-0.2, -0.15) is 13.2 Å². The molecule has 0 radical (unpaired) electrons. The largest absolute Gasteiger partial charge is 0.417 e. The summed E-state index contributed by atoms with van der Waals surface area (Å²) >= 11 is 0. The highest BCUT2D eigenvalue weighted by Crippen LogP contribution is 2.44. The molecule has 0 atom stereocenters. The number of carbonyl (C=O) groups excluding carboxylic acids is 1. The molecule has 1 saturated carbocycles. The molecule has 0 aliphatic heterocycles. The molecule has 1 aromatic heterocycles. The van der Waals surface area contributed by atoms with Crippen LogP contribution in [0.2, 0.25) is 0 Å². The summed E-state index contributed by atoms with van der Waals surface area (Å²) in [6.07, 6.45) is 3.24. The molecule has 0 bridgehead atoms. The summed E-state index contributed by atoms with van der Waals surface area (Å²) in [7, 11) is 0. The molecule has 3 aromatic rings. The zero-order valence-electron chi connectivity index (χ0n) is 20.2. The van der Waals surface area contributed by atoms with Crippen molar-refractivity contribution in [3.05, 3.63) is 113 Å². The zero-order chi connectivity index (χ0) is 27.8. The van der Waals surface area contributed by atoms with Gasteiger partial charge in [0.25, 0.3) is 5.91 Å². The van der Waals surface area contributed by atoms with Gasteiger partial charge in [-0.05, 0) is 60.9 Å². The average Bonchev–Trinajstić information content (AvgIpc) is 3.67. The highest BCUT2D eigenvalue weighted by Gasteiger charge is 2.44. The van der Waals surface area contributed by atoms with Crippen molar-refractivity contribution in [2.24, 2.45) is 0 Å². The molecule has 0 spiro atoms. The normalized spacial score (nSPS) is 17.4. The van der Waals surface area contributed by atoms with Crippen molar-refractivity contribution < 1.29 is 27.5 Å². The molecule has 1 heterocycles. The molecule has 0 saturated heterocycles. The molecule has 2 aromatic carbocycles. The van der Waals surface area contributed by atoms with Crippen molar-refractivity contribution >= 4 is 17.3 Å². The van der Waals surface area contributed by atoms with E-state index in [2.05, 4.69) is 20.6 Å². The fraction of sp³-hybridized carbons (Fsp3) is 0.143. The highest BCUT2D eigenvalue weighted by atomic mass is 19.4.